The molecule has 0 spiro atoms. The normalized spacial score (nSPS) is 11.7. The number of benzene rings is 1. The molecule has 0 fully saturated rings. The molecule has 0 aromatic heterocycles. The van der Waals surface area contributed by atoms with E-state index in [0.29, 0.717) is 18.6 Å². The fraction of sp³-hybridized carbons (Fsp3) is 0.429. The van der Waals surface area contributed by atoms with Gasteiger partial charge in [0.2, 0.25) is 0 Å². The van der Waals surface area contributed by atoms with Gasteiger partial charge in [0.25, 0.3) is 0 Å². The van der Waals surface area contributed by atoms with Gasteiger partial charge in [-0.15, -0.1) is 0 Å². The topological polar surface area (TPSA) is 52.6 Å². The summed E-state index contributed by atoms with van der Waals surface area (Å²) in [6.45, 7) is 3.88. The first-order chi connectivity index (χ1) is 8.69. The predicted octanol–water partition coefficient (Wildman–Crippen LogP) is 2.57. The number of ether oxygens (including phenoxy) is 2. The second-order valence-electron chi connectivity index (χ2n) is 3.83. The molecule has 18 heavy (non-hydrogen) atoms. The number of para-hydroxylation sites is 1. The van der Waals surface area contributed by atoms with Crippen LogP contribution in [0, 0.1) is 5.92 Å². The Labute approximate surface area is 107 Å². The lowest BCUT2D eigenvalue weighted by atomic mass is 10.0. The number of carbonyl (C=O) groups excluding carboxylic acids is 2. The number of hydrogen-bond donors (Lipinski definition) is 0. The van der Waals surface area contributed by atoms with E-state index >= 15 is 0 Å². The van der Waals surface area contributed by atoms with Crippen molar-refractivity contribution in [2.45, 2.75) is 26.7 Å². The van der Waals surface area contributed by atoms with E-state index in [2.05, 4.69) is 0 Å². The van der Waals surface area contributed by atoms with Gasteiger partial charge in [0.15, 0.2) is 5.92 Å². The quantitative estimate of drug-likeness (QED) is 0.442. The summed E-state index contributed by atoms with van der Waals surface area (Å²) in [4.78, 5) is 23.5. The molecule has 0 radical (unpaired) electrons. The first-order valence-electron chi connectivity index (χ1n) is 6.12. The van der Waals surface area contributed by atoms with Gasteiger partial charge in [0, 0.05) is 0 Å². The molecular formula is C14H18O4. The van der Waals surface area contributed by atoms with Gasteiger partial charge in [-0.05, 0) is 25.5 Å². The molecule has 0 heterocycles. The lowest BCUT2D eigenvalue weighted by molar-refractivity contribution is -0.157. The SMILES string of the molecule is CCCC(C(=O)OCC)C(=O)Oc1ccccc1. The lowest BCUT2D eigenvalue weighted by Gasteiger charge is -2.13. The second kappa shape index (κ2) is 7.48. The molecule has 0 saturated carbocycles. The number of esters is 2. The van der Waals surface area contributed by atoms with Gasteiger partial charge in [-0.3, -0.25) is 9.59 Å². The third-order valence-corrected chi connectivity index (χ3v) is 2.39. The van der Waals surface area contributed by atoms with Gasteiger partial charge in [0.05, 0.1) is 6.61 Å². The average Bonchev–Trinajstić information content (AvgIpc) is 2.37. The molecule has 0 aliphatic rings. The monoisotopic (exact) mass is 250 g/mol. The molecule has 98 valence electrons. The first-order valence-corrected chi connectivity index (χ1v) is 6.12. The molecule has 0 amide bonds. The Morgan fingerprint density at radius 1 is 1.11 bits per heavy atom. The van der Waals surface area contributed by atoms with Crippen molar-refractivity contribution in [3.8, 4) is 5.75 Å². The highest BCUT2D eigenvalue weighted by molar-refractivity contribution is 5.95. The molecule has 1 rings (SSSR count). The van der Waals surface area contributed by atoms with Gasteiger partial charge >= 0.3 is 11.9 Å². The van der Waals surface area contributed by atoms with E-state index in [-0.39, 0.29) is 6.61 Å². The van der Waals surface area contributed by atoms with Crippen LogP contribution >= 0.6 is 0 Å². The molecule has 0 aliphatic heterocycles. The van der Waals surface area contributed by atoms with E-state index in [4.69, 9.17) is 9.47 Å². The van der Waals surface area contributed by atoms with Crippen LogP contribution in [0.15, 0.2) is 30.3 Å². The van der Waals surface area contributed by atoms with E-state index in [0.717, 1.165) is 0 Å². The third-order valence-electron chi connectivity index (χ3n) is 2.39. The highest BCUT2D eigenvalue weighted by atomic mass is 16.6. The Hall–Kier alpha value is -1.84. The highest BCUT2D eigenvalue weighted by Crippen LogP contribution is 2.15. The largest absolute Gasteiger partial charge is 0.465 e. The Balaban J connectivity index is 2.68. The first kappa shape index (κ1) is 14.2. The van der Waals surface area contributed by atoms with Crippen LogP contribution in [-0.2, 0) is 14.3 Å². The summed E-state index contributed by atoms with van der Waals surface area (Å²) < 4.78 is 10.0. The zero-order valence-corrected chi connectivity index (χ0v) is 10.7. The Morgan fingerprint density at radius 3 is 2.33 bits per heavy atom. The Kier molecular flexibility index (Phi) is 5.91. The van der Waals surface area contributed by atoms with Crippen molar-refractivity contribution in [2.24, 2.45) is 5.92 Å². The Morgan fingerprint density at radius 2 is 1.78 bits per heavy atom. The minimum Gasteiger partial charge on any atom is -0.465 e. The summed E-state index contributed by atoms with van der Waals surface area (Å²) in [5.41, 5.74) is 0. The zero-order chi connectivity index (χ0) is 13.4. The molecule has 1 aromatic carbocycles. The zero-order valence-electron chi connectivity index (χ0n) is 10.7. The Bertz CT molecular complexity index is 386. The maximum atomic E-state index is 11.9. The van der Waals surface area contributed by atoms with Crippen molar-refractivity contribution in [3.63, 3.8) is 0 Å². The lowest BCUT2D eigenvalue weighted by Crippen LogP contribution is -2.29. The van der Waals surface area contributed by atoms with Crippen molar-refractivity contribution in [1.29, 1.82) is 0 Å². The van der Waals surface area contributed by atoms with Crippen molar-refractivity contribution in [1.82, 2.24) is 0 Å². The minimum absolute atomic E-state index is 0.262. The summed E-state index contributed by atoms with van der Waals surface area (Å²) >= 11 is 0. The van der Waals surface area contributed by atoms with E-state index in [1.807, 2.05) is 13.0 Å². The maximum absolute atomic E-state index is 11.9. The van der Waals surface area contributed by atoms with E-state index in [1.165, 1.54) is 0 Å². The van der Waals surface area contributed by atoms with Crippen LogP contribution in [0.25, 0.3) is 0 Å². The smallest absolute Gasteiger partial charge is 0.325 e. The summed E-state index contributed by atoms with van der Waals surface area (Å²) in [7, 11) is 0. The van der Waals surface area contributed by atoms with Gasteiger partial charge in [-0.25, -0.2) is 0 Å². The molecule has 0 saturated heterocycles. The highest BCUT2D eigenvalue weighted by Gasteiger charge is 2.29. The van der Waals surface area contributed by atoms with Gasteiger partial charge in [0.1, 0.15) is 5.75 Å². The van der Waals surface area contributed by atoms with Crippen LogP contribution < -0.4 is 4.74 Å². The van der Waals surface area contributed by atoms with Crippen LogP contribution in [0.1, 0.15) is 26.7 Å². The molecule has 1 aromatic rings. The van der Waals surface area contributed by atoms with Crippen LogP contribution in [0.3, 0.4) is 0 Å². The maximum Gasteiger partial charge on any atom is 0.325 e. The third kappa shape index (κ3) is 4.20. The molecule has 1 atom stereocenters. The van der Waals surface area contributed by atoms with Crippen molar-refractivity contribution >= 4 is 11.9 Å². The second-order valence-corrected chi connectivity index (χ2v) is 3.83. The minimum atomic E-state index is -0.838. The molecular weight excluding hydrogens is 232 g/mol. The summed E-state index contributed by atoms with van der Waals surface area (Å²) in [5, 5.41) is 0. The number of carbonyl (C=O) groups is 2. The molecule has 4 nitrogen and oxygen atoms in total. The van der Waals surface area contributed by atoms with E-state index < -0.39 is 17.9 Å². The fourth-order valence-corrected chi connectivity index (χ4v) is 1.54. The summed E-state index contributed by atoms with van der Waals surface area (Å²) in [5.74, 6) is -1.47. The molecule has 1 unspecified atom stereocenters. The van der Waals surface area contributed by atoms with E-state index in [9.17, 15) is 9.59 Å². The molecule has 0 N–H and O–H groups in total. The van der Waals surface area contributed by atoms with Crippen LogP contribution in [0.5, 0.6) is 5.75 Å². The number of hydrogen-bond acceptors (Lipinski definition) is 4. The van der Waals surface area contributed by atoms with Crippen molar-refractivity contribution in [2.75, 3.05) is 6.61 Å². The van der Waals surface area contributed by atoms with E-state index in [1.54, 1.807) is 31.2 Å². The molecule has 0 bridgehead atoms. The summed E-state index contributed by atoms with van der Waals surface area (Å²) in [6.07, 6.45) is 1.15. The average molecular weight is 250 g/mol. The summed E-state index contributed by atoms with van der Waals surface area (Å²) in [6, 6.07) is 8.70. The van der Waals surface area contributed by atoms with Crippen LogP contribution in [-0.4, -0.2) is 18.5 Å². The van der Waals surface area contributed by atoms with Gasteiger partial charge < -0.3 is 9.47 Å². The van der Waals surface area contributed by atoms with Crippen LogP contribution in [0.4, 0.5) is 0 Å². The van der Waals surface area contributed by atoms with Gasteiger partial charge in [-0.1, -0.05) is 31.5 Å². The molecule has 0 aliphatic carbocycles. The van der Waals surface area contributed by atoms with Crippen LogP contribution in [0.2, 0.25) is 0 Å². The number of rotatable bonds is 6. The standard InChI is InChI=1S/C14H18O4/c1-3-8-12(13(15)17-4-2)14(16)18-11-9-6-5-7-10-11/h5-7,9-10,12H,3-4,8H2,1-2H3. The predicted molar refractivity (Wildman–Crippen MR) is 67.1 cm³/mol. The van der Waals surface area contributed by atoms with Gasteiger partial charge in [-0.2, -0.15) is 0 Å². The van der Waals surface area contributed by atoms with Crippen molar-refractivity contribution < 1.29 is 19.1 Å². The molecule has 4 heteroatoms. The van der Waals surface area contributed by atoms with Crippen molar-refractivity contribution in [3.05, 3.63) is 30.3 Å². The fourth-order valence-electron chi connectivity index (χ4n) is 1.54.